The molecular formula is C27H32N6O. The van der Waals surface area contributed by atoms with Crippen molar-refractivity contribution in [3.63, 3.8) is 0 Å². The van der Waals surface area contributed by atoms with Gasteiger partial charge >= 0.3 is 0 Å². The lowest BCUT2D eigenvalue weighted by Gasteiger charge is -2.43. The number of amides is 1. The number of nitrogens with zero attached hydrogens (tertiary/aromatic N) is 4. The number of hydrogen-bond donors (Lipinski definition) is 2. The zero-order chi connectivity index (χ0) is 23.5. The fourth-order valence-corrected chi connectivity index (χ4v) is 5.36. The van der Waals surface area contributed by atoms with E-state index in [0.29, 0.717) is 5.92 Å². The molecule has 0 bridgehead atoms. The van der Waals surface area contributed by atoms with Crippen molar-refractivity contribution in [3.05, 3.63) is 78.5 Å². The molecule has 3 N–H and O–H groups in total. The molecule has 1 fully saturated rings. The third kappa shape index (κ3) is 4.23. The van der Waals surface area contributed by atoms with Gasteiger partial charge in [-0.1, -0.05) is 36.8 Å². The van der Waals surface area contributed by atoms with Crippen LogP contribution in [0.5, 0.6) is 0 Å². The molecule has 1 amide bonds. The van der Waals surface area contributed by atoms with E-state index in [0.717, 1.165) is 55.5 Å². The third-order valence-corrected chi connectivity index (χ3v) is 7.59. The van der Waals surface area contributed by atoms with Gasteiger partial charge in [0.1, 0.15) is 18.2 Å². The Morgan fingerprint density at radius 3 is 2.56 bits per heavy atom. The first-order valence-electron chi connectivity index (χ1n) is 12.1. The van der Waals surface area contributed by atoms with Crippen LogP contribution in [0, 0.1) is 5.92 Å². The number of benzene rings is 2. The summed E-state index contributed by atoms with van der Waals surface area (Å²) in [6.07, 6.45) is 11.2. The summed E-state index contributed by atoms with van der Waals surface area (Å²) < 4.78 is 1.93. The zero-order valence-electron chi connectivity index (χ0n) is 19.7. The Morgan fingerprint density at radius 2 is 1.85 bits per heavy atom. The first kappa shape index (κ1) is 22.3. The molecule has 3 heterocycles. The Balaban J connectivity index is 1.18. The van der Waals surface area contributed by atoms with Crippen LogP contribution in [-0.2, 0) is 16.8 Å². The van der Waals surface area contributed by atoms with Gasteiger partial charge in [0, 0.05) is 22.8 Å². The first-order chi connectivity index (χ1) is 16.6. The van der Waals surface area contributed by atoms with Crippen molar-refractivity contribution in [1.29, 1.82) is 0 Å². The molecule has 0 saturated carbocycles. The molecule has 0 spiro atoms. The molecule has 5 rings (SSSR count). The summed E-state index contributed by atoms with van der Waals surface area (Å²) >= 11 is 0. The van der Waals surface area contributed by atoms with E-state index < -0.39 is 5.54 Å². The number of carbonyl (C=O) groups excluding carboxylic acids is 1. The van der Waals surface area contributed by atoms with Gasteiger partial charge in [-0.25, -0.2) is 0 Å². The number of aromatic amines is 1. The normalized spacial score (nSPS) is 17.1. The van der Waals surface area contributed by atoms with Gasteiger partial charge in [0.15, 0.2) is 0 Å². The highest BCUT2D eigenvalue weighted by atomic mass is 16.1. The first-order valence-corrected chi connectivity index (χ1v) is 12.1. The van der Waals surface area contributed by atoms with E-state index in [1.54, 1.807) is 12.7 Å². The highest BCUT2D eigenvalue weighted by Crippen LogP contribution is 2.34. The third-order valence-electron chi connectivity index (χ3n) is 7.59. The molecule has 2 aromatic carbocycles. The second kappa shape index (κ2) is 9.43. The van der Waals surface area contributed by atoms with Crippen molar-refractivity contribution >= 4 is 16.8 Å². The molecule has 1 atom stereocenters. The summed E-state index contributed by atoms with van der Waals surface area (Å²) in [5.74, 6) is 0.407. The Labute approximate surface area is 200 Å². The number of H-pyrrole nitrogens is 1. The van der Waals surface area contributed by atoms with Gasteiger partial charge in [0.25, 0.3) is 0 Å². The van der Waals surface area contributed by atoms with E-state index >= 15 is 0 Å². The van der Waals surface area contributed by atoms with Crippen LogP contribution in [-0.4, -0.2) is 43.6 Å². The van der Waals surface area contributed by atoms with Gasteiger partial charge in [-0.2, -0.15) is 0 Å². The van der Waals surface area contributed by atoms with E-state index in [1.807, 2.05) is 41.8 Å². The summed E-state index contributed by atoms with van der Waals surface area (Å²) in [5.41, 5.74) is 9.71. The van der Waals surface area contributed by atoms with Gasteiger partial charge in [-0.05, 0) is 80.9 Å². The van der Waals surface area contributed by atoms with Crippen LogP contribution < -0.4 is 5.73 Å². The van der Waals surface area contributed by atoms with Crippen LogP contribution in [0.25, 0.3) is 16.6 Å². The highest BCUT2D eigenvalue weighted by molar-refractivity contribution is 5.86. The molecule has 2 aromatic heterocycles. The van der Waals surface area contributed by atoms with Crippen LogP contribution in [0.3, 0.4) is 0 Å². The topological polar surface area (TPSA) is 92.8 Å². The highest BCUT2D eigenvalue weighted by Gasteiger charge is 2.40. The minimum absolute atomic E-state index is 0.276. The largest absolute Gasteiger partial charge is 0.368 e. The van der Waals surface area contributed by atoms with Crippen molar-refractivity contribution in [2.24, 2.45) is 11.7 Å². The Morgan fingerprint density at radius 1 is 1.12 bits per heavy atom. The number of rotatable bonds is 8. The van der Waals surface area contributed by atoms with E-state index in [1.165, 1.54) is 17.4 Å². The smallest absolute Gasteiger partial charge is 0.242 e. The molecule has 1 unspecified atom stereocenters. The van der Waals surface area contributed by atoms with Gasteiger partial charge in [-0.3, -0.25) is 14.3 Å². The van der Waals surface area contributed by atoms with Gasteiger partial charge in [0.05, 0.1) is 0 Å². The van der Waals surface area contributed by atoms with Crippen LogP contribution in [0.15, 0.2) is 67.4 Å². The predicted octanol–water partition coefficient (Wildman–Crippen LogP) is 4.18. The number of piperidine rings is 1. The van der Waals surface area contributed by atoms with E-state index in [2.05, 4.69) is 44.5 Å². The number of primary amides is 1. The average Bonchev–Trinajstić information content (AvgIpc) is 3.55. The molecule has 4 aromatic rings. The number of aryl methyl sites for hydroxylation is 1. The fraction of sp³-hybridized carbons (Fsp3) is 0.370. The van der Waals surface area contributed by atoms with Gasteiger partial charge < -0.3 is 10.7 Å². The molecule has 7 heteroatoms. The van der Waals surface area contributed by atoms with E-state index in [9.17, 15) is 4.79 Å². The molecule has 34 heavy (non-hydrogen) atoms. The molecule has 176 valence electrons. The fourth-order valence-electron chi connectivity index (χ4n) is 5.36. The minimum atomic E-state index is -0.751. The van der Waals surface area contributed by atoms with Gasteiger partial charge in [0.2, 0.25) is 5.91 Å². The summed E-state index contributed by atoms with van der Waals surface area (Å²) in [6, 6.07) is 16.3. The monoisotopic (exact) mass is 456 g/mol. The van der Waals surface area contributed by atoms with Crippen molar-refractivity contribution in [2.75, 3.05) is 13.1 Å². The maximum Gasteiger partial charge on any atom is 0.242 e. The Bertz CT molecular complexity index is 1240. The summed E-state index contributed by atoms with van der Waals surface area (Å²) in [4.78, 5) is 18.2. The summed E-state index contributed by atoms with van der Waals surface area (Å²) in [7, 11) is 0. The zero-order valence-corrected chi connectivity index (χ0v) is 19.7. The van der Waals surface area contributed by atoms with Crippen molar-refractivity contribution in [1.82, 2.24) is 24.6 Å². The second-order valence-corrected chi connectivity index (χ2v) is 9.54. The lowest BCUT2D eigenvalue weighted by Crippen LogP contribution is -2.55. The number of aromatic nitrogens is 4. The lowest BCUT2D eigenvalue weighted by molar-refractivity contribution is -0.131. The predicted molar refractivity (Wildman–Crippen MR) is 133 cm³/mol. The number of fused-ring (bicyclic) bond motifs is 1. The van der Waals surface area contributed by atoms with Crippen molar-refractivity contribution < 1.29 is 4.79 Å². The molecule has 1 aliphatic rings. The summed E-state index contributed by atoms with van der Waals surface area (Å²) in [5, 5.41) is 9.09. The lowest BCUT2D eigenvalue weighted by atomic mass is 9.84. The minimum Gasteiger partial charge on any atom is -0.368 e. The maximum absolute atomic E-state index is 12.5. The van der Waals surface area contributed by atoms with Crippen molar-refractivity contribution in [2.45, 2.75) is 44.6 Å². The van der Waals surface area contributed by atoms with Crippen LogP contribution >= 0.6 is 0 Å². The maximum atomic E-state index is 12.5. The number of nitrogens with one attached hydrogen (secondary N) is 1. The number of hydrogen-bond acceptors (Lipinski definition) is 4. The standard InChI is InChI=1S/C27H32N6O/c1-27(26(28)34,22-8-3-2-4-9-22)33-14-12-20(13-15-33)6-5-7-21-17-29-25-11-10-23(16-24(21)25)32-18-30-31-19-32/h2-4,8-11,16-20,29H,5-7,12-15H2,1H3,(H2,28,34). The van der Waals surface area contributed by atoms with Crippen LogP contribution in [0.2, 0.25) is 0 Å². The Kier molecular flexibility index (Phi) is 6.20. The Hall–Kier alpha value is -3.45. The van der Waals surface area contributed by atoms with E-state index in [4.69, 9.17) is 5.73 Å². The number of nitrogens with two attached hydrogens (primary N) is 1. The molecule has 1 aliphatic heterocycles. The van der Waals surface area contributed by atoms with Gasteiger partial charge in [-0.15, -0.1) is 10.2 Å². The number of likely N-dealkylation sites (tertiary alicyclic amines) is 1. The summed E-state index contributed by atoms with van der Waals surface area (Å²) in [6.45, 7) is 3.76. The second-order valence-electron chi connectivity index (χ2n) is 9.54. The number of carbonyl (C=O) groups is 1. The molecule has 0 radical (unpaired) electrons. The average molecular weight is 457 g/mol. The molecular weight excluding hydrogens is 424 g/mol. The van der Waals surface area contributed by atoms with Crippen LogP contribution in [0.1, 0.15) is 43.7 Å². The molecule has 7 nitrogen and oxygen atoms in total. The SMILES string of the molecule is CC(C(N)=O)(c1ccccc1)N1CCC(CCCc2c[nH]c3ccc(-n4cnnc4)cc23)CC1. The van der Waals surface area contributed by atoms with Crippen LogP contribution in [0.4, 0.5) is 0 Å². The van der Waals surface area contributed by atoms with E-state index in [-0.39, 0.29) is 5.91 Å². The van der Waals surface area contributed by atoms with Crippen molar-refractivity contribution in [3.8, 4) is 5.69 Å². The quantitative estimate of drug-likeness (QED) is 0.416. The molecule has 1 saturated heterocycles. The molecule has 0 aliphatic carbocycles.